The van der Waals surface area contributed by atoms with Gasteiger partial charge in [0.15, 0.2) is 0 Å². The van der Waals surface area contributed by atoms with Crippen LogP contribution in [0.4, 0.5) is 0 Å². The lowest BCUT2D eigenvalue weighted by atomic mass is 9.74. The molecule has 186 valence electrons. The highest BCUT2D eigenvalue weighted by molar-refractivity contribution is 7.39. The van der Waals surface area contributed by atoms with E-state index in [0.29, 0.717) is 0 Å². The van der Waals surface area contributed by atoms with Gasteiger partial charge in [-0.1, -0.05) is 59.2 Å². The number of rotatable bonds is 14. The molecule has 1 rings (SSSR count). The summed E-state index contributed by atoms with van der Waals surface area (Å²) in [5.74, 6) is 0.720. The number of hydrogen-bond donors (Lipinski definition) is 5. The molecule has 5 N–H and O–H groups in total. The highest BCUT2D eigenvalue weighted by atomic mass is 31.2. The van der Waals surface area contributed by atoms with Gasteiger partial charge in [-0.3, -0.25) is 0 Å². The van der Waals surface area contributed by atoms with Crippen molar-refractivity contribution in [1.29, 1.82) is 0 Å². The van der Waals surface area contributed by atoms with Crippen molar-refractivity contribution < 1.29 is 38.5 Å². The number of aliphatic hydroxyl groups is 1. The predicted molar refractivity (Wildman–Crippen MR) is 127 cm³/mol. The average Bonchev–Trinajstić information content (AvgIpc) is 2.73. The van der Waals surface area contributed by atoms with Gasteiger partial charge in [0.1, 0.15) is 12.4 Å². The molecule has 0 fully saturated rings. The van der Waals surface area contributed by atoms with Gasteiger partial charge in [-0.05, 0) is 30.6 Å². The van der Waals surface area contributed by atoms with Crippen molar-refractivity contribution in [2.45, 2.75) is 72.1 Å². The molecule has 0 saturated heterocycles. The van der Waals surface area contributed by atoms with Gasteiger partial charge in [0, 0.05) is 11.1 Å². The Morgan fingerprint density at radius 2 is 1.19 bits per heavy atom. The van der Waals surface area contributed by atoms with Crippen molar-refractivity contribution in [3.8, 4) is 5.75 Å². The van der Waals surface area contributed by atoms with Crippen molar-refractivity contribution in [2.75, 3.05) is 26.4 Å². The quantitative estimate of drug-likeness (QED) is 0.244. The minimum atomic E-state index is -2.66. The Morgan fingerprint density at radius 3 is 1.50 bits per heavy atom. The summed E-state index contributed by atoms with van der Waals surface area (Å²) in [4.78, 5) is 36.8. The van der Waals surface area contributed by atoms with E-state index < -0.39 is 29.2 Å². The van der Waals surface area contributed by atoms with Gasteiger partial charge < -0.3 is 38.5 Å². The Labute approximate surface area is 194 Å². The van der Waals surface area contributed by atoms with Crippen LogP contribution in [-0.2, 0) is 19.9 Å². The highest BCUT2D eigenvalue weighted by Crippen LogP contribution is 2.44. The summed E-state index contributed by atoms with van der Waals surface area (Å²) < 4.78 is 16.3. The number of aryl methyl sites for hydroxylation is 1. The predicted octanol–water partition coefficient (Wildman–Crippen LogP) is 4.18. The van der Waals surface area contributed by atoms with Crippen molar-refractivity contribution in [1.82, 2.24) is 0 Å². The van der Waals surface area contributed by atoms with E-state index in [-0.39, 0.29) is 30.7 Å². The number of hydrogen-bond acceptors (Lipinski definition) is 8. The van der Waals surface area contributed by atoms with Gasteiger partial charge in [-0.25, -0.2) is 0 Å². The molecule has 0 heterocycles. The van der Waals surface area contributed by atoms with Gasteiger partial charge >= 0.3 is 17.2 Å². The molecule has 32 heavy (non-hydrogen) atoms. The van der Waals surface area contributed by atoms with Crippen molar-refractivity contribution in [3.63, 3.8) is 0 Å². The molecular formula is C22H40O8P2. The summed E-state index contributed by atoms with van der Waals surface area (Å²) in [6.45, 7) is 13.7. The smallest absolute Gasteiger partial charge is 0.327 e. The lowest BCUT2D eigenvalue weighted by Gasteiger charge is -2.36. The molecule has 0 amide bonds. The standard InChI is InChI=1S/C22H40O8P2/c1-8-20(4,5)17-10-16(3)11-18(21(6,7)9-2)19(17)28-13-22(12-23,14-29-31(24)25)15-30-32(26)27/h10-11,23-27H,8-9,12-15H2,1-7H3. The Bertz CT molecular complexity index is 673. The van der Waals surface area contributed by atoms with Gasteiger partial charge in [-0.15, -0.1) is 0 Å². The van der Waals surface area contributed by atoms with E-state index >= 15 is 0 Å². The first-order valence-electron chi connectivity index (χ1n) is 10.7. The summed E-state index contributed by atoms with van der Waals surface area (Å²) >= 11 is 0. The monoisotopic (exact) mass is 494 g/mol. The third-order valence-electron chi connectivity index (χ3n) is 6.29. The van der Waals surface area contributed by atoms with Crippen LogP contribution < -0.4 is 4.74 Å². The normalized spacial score (nSPS) is 13.3. The molecule has 0 unspecified atom stereocenters. The first-order valence-corrected chi connectivity index (χ1v) is 13.1. The van der Waals surface area contributed by atoms with Gasteiger partial charge in [0.05, 0.1) is 25.2 Å². The zero-order valence-corrected chi connectivity index (χ0v) is 22.0. The Balaban J connectivity index is 3.50. The van der Waals surface area contributed by atoms with E-state index in [2.05, 4.69) is 60.6 Å². The molecule has 10 heteroatoms. The van der Waals surface area contributed by atoms with E-state index in [1.807, 2.05) is 0 Å². The molecule has 0 spiro atoms. The van der Waals surface area contributed by atoms with Crippen LogP contribution in [0.15, 0.2) is 12.1 Å². The Kier molecular flexibility index (Phi) is 11.4. The fraction of sp³-hybridized carbons (Fsp3) is 0.727. The van der Waals surface area contributed by atoms with Crippen molar-refractivity contribution in [3.05, 3.63) is 28.8 Å². The lowest BCUT2D eigenvalue weighted by molar-refractivity contribution is -0.0169. The minimum absolute atomic E-state index is 0.0848. The van der Waals surface area contributed by atoms with E-state index in [1.54, 1.807) is 0 Å². The van der Waals surface area contributed by atoms with E-state index in [9.17, 15) is 24.7 Å². The summed E-state index contributed by atoms with van der Waals surface area (Å²) in [6, 6.07) is 4.23. The Morgan fingerprint density at radius 1 is 0.781 bits per heavy atom. The van der Waals surface area contributed by atoms with Crippen LogP contribution in [-0.4, -0.2) is 51.1 Å². The molecule has 1 aromatic rings. The maximum absolute atomic E-state index is 10.1. The van der Waals surface area contributed by atoms with Crippen LogP contribution in [0, 0.1) is 12.3 Å². The molecule has 0 aliphatic rings. The topological polar surface area (TPSA) is 129 Å². The second-order valence-electron chi connectivity index (χ2n) is 9.66. The molecule has 1 aromatic carbocycles. The summed E-state index contributed by atoms with van der Waals surface area (Å²) in [5.41, 5.74) is 1.63. The van der Waals surface area contributed by atoms with Crippen LogP contribution in [0.2, 0.25) is 0 Å². The van der Waals surface area contributed by atoms with Crippen LogP contribution in [0.1, 0.15) is 71.1 Å². The minimum Gasteiger partial charge on any atom is -0.492 e. The first kappa shape index (κ1) is 29.6. The molecule has 0 aromatic heterocycles. The zero-order valence-electron chi connectivity index (χ0n) is 20.3. The lowest BCUT2D eigenvalue weighted by Crippen LogP contribution is -2.41. The largest absolute Gasteiger partial charge is 0.492 e. The van der Waals surface area contributed by atoms with Crippen LogP contribution >= 0.6 is 17.2 Å². The zero-order chi connectivity index (χ0) is 24.7. The van der Waals surface area contributed by atoms with Crippen LogP contribution in [0.3, 0.4) is 0 Å². The van der Waals surface area contributed by atoms with Crippen molar-refractivity contribution in [2.24, 2.45) is 5.41 Å². The van der Waals surface area contributed by atoms with Gasteiger partial charge in [-0.2, -0.15) is 0 Å². The maximum atomic E-state index is 10.1. The number of benzene rings is 1. The maximum Gasteiger partial charge on any atom is 0.327 e. The van der Waals surface area contributed by atoms with E-state index in [4.69, 9.17) is 13.8 Å². The first-order chi connectivity index (χ1) is 14.7. The number of ether oxygens (including phenoxy) is 1. The molecular weight excluding hydrogens is 454 g/mol. The fourth-order valence-corrected chi connectivity index (χ4v) is 3.97. The van der Waals surface area contributed by atoms with Gasteiger partial charge in [0.25, 0.3) is 0 Å². The van der Waals surface area contributed by atoms with Crippen LogP contribution in [0.25, 0.3) is 0 Å². The highest BCUT2D eigenvalue weighted by Gasteiger charge is 2.37. The molecule has 0 atom stereocenters. The van der Waals surface area contributed by atoms with E-state index in [1.165, 1.54) is 0 Å². The SMILES string of the molecule is CCC(C)(C)c1cc(C)cc(C(C)(C)CC)c1OCC(CO)(COP(O)O)COP(O)O. The Hall–Kier alpha value is -0.400. The molecule has 0 saturated carbocycles. The summed E-state index contributed by atoms with van der Waals surface area (Å²) in [5, 5.41) is 10.1. The third-order valence-corrected chi connectivity index (χ3v) is 7.01. The fourth-order valence-electron chi connectivity index (χ4n) is 3.19. The van der Waals surface area contributed by atoms with Crippen molar-refractivity contribution >= 4 is 17.2 Å². The number of aliphatic hydroxyl groups excluding tert-OH is 1. The molecule has 8 nitrogen and oxygen atoms in total. The summed E-state index contributed by atoms with van der Waals surface area (Å²) in [6.07, 6.45) is 1.77. The molecule has 0 aliphatic heterocycles. The average molecular weight is 495 g/mol. The molecule has 0 bridgehead atoms. The van der Waals surface area contributed by atoms with Gasteiger partial charge in [0.2, 0.25) is 0 Å². The van der Waals surface area contributed by atoms with E-state index in [0.717, 1.165) is 35.3 Å². The summed E-state index contributed by atoms with van der Waals surface area (Å²) in [7, 11) is -5.33. The van der Waals surface area contributed by atoms with Crippen LogP contribution in [0.5, 0.6) is 5.75 Å². The molecule has 0 radical (unpaired) electrons. The second-order valence-corrected chi connectivity index (χ2v) is 11.2. The molecule has 0 aliphatic carbocycles. The second kappa shape index (κ2) is 12.3. The third kappa shape index (κ3) is 8.12.